The van der Waals surface area contributed by atoms with Gasteiger partial charge in [-0.3, -0.25) is 9.48 Å². The number of carbonyl (C=O) groups excluding carboxylic acids is 1. The summed E-state index contributed by atoms with van der Waals surface area (Å²) < 4.78 is 15.2. The lowest BCUT2D eigenvalue weighted by atomic mass is 9.79. The van der Waals surface area contributed by atoms with Crippen LogP contribution in [-0.2, 0) is 11.8 Å². The zero-order valence-electron chi connectivity index (χ0n) is 15.3. The van der Waals surface area contributed by atoms with Gasteiger partial charge < -0.3 is 5.32 Å². The second-order valence-corrected chi connectivity index (χ2v) is 7.77. The fourth-order valence-corrected chi connectivity index (χ4v) is 4.33. The third-order valence-corrected chi connectivity index (χ3v) is 5.92. The largest absolute Gasteiger partial charge is 0.309 e. The van der Waals surface area contributed by atoms with Gasteiger partial charge in [-0.25, -0.2) is 4.39 Å². The molecule has 0 unspecified atom stereocenters. The van der Waals surface area contributed by atoms with Crippen molar-refractivity contribution in [3.05, 3.63) is 35.6 Å². The van der Waals surface area contributed by atoms with E-state index in [-0.39, 0.29) is 11.7 Å². The van der Waals surface area contributed by atoms with E-state index in [4.69, 9.17) is 0 Å². The predicted molar refractivity (Wildman–Crippen MR) is 100 cm³/mol. The van der Waals surface area contributed by atoms with E-state index in [1.54, 1.807) is 12.1 Å². The standard InChI is InChI=1S/C21H26FN3O/c1-25-20(16-9-11-17(22)12-10-16)19(15-7-4-8-15)21(24-25)23-18(26)13-14-5-2-3-6-14/h9-12,14-15H,2-8,13H2,1H3,(H,23,24,26). The van der Waals surface area contributed by atoms with Crippen molar-refractivity contribution in [1.29, 1.82) is 0 Å². The molecule has 2 fully saturated rings. The lowest BCUT2D eigenvalue weighted by Crippen LogP contribution is -2.18. The number of aromatic nitrogens is 2. The summed E-state index contributed by atoms with van der Waals surface area (Å²) in [5.41, 5.74) is 3.05. The number of halogens is 1. The Hall–Kier alpha value is -2.17. The molecule has 0 aliphatic heterocycles. The first-order valence-electron chi connectivity index (χ1n) is 9.74. The Bertz CT molecular complexity index is 786. The SMILES string of the molecule is Cn1nc(NC(=O)CC2CCCC2)c(C2CCC2)c1-c1ccc(F)cc1. The van der Waals surface area contributed by atoms with Gasteiger partial charge in [-0.05, 0) is 61.8 Å². The van der Waals surface area contributed by atoms with Gasteiger partial charge in [-0.15, -0.1) is 0 Å². The molecule has 4 rings (SSSR count). The van der Waals surface area contributed by atoms with Gasteiger partial charge in [0.2, 0.25) is 5.91 Å². The summed E-state index contributed by atoms with van der Waals surface area (Å²) in [6.45, 7) is 0. The molecule has 2 aliphatic rings. The van der Waals surface area contributed by atoms with E-state index in [0.717, 1.165) is 42.5 Å². The van der Waals surface area contributed by atoms with Gasteiger partial charge in [0.05, 0.1) is 5.69 Å². The normalized spacial score (nSPS) is 18.1. The second kappa shape index (κ2) is 7.22. The van der Waals surface area contributed by atoms with Crippen molar-refractivity contribution in [2.45, 2.75) is 57.3 Å². The molecule has 0 saturated heterocycles. The number of amides is 1. The fraction of sp³-hybridized carbons (Fsp3) is 0.524. The maximum atomic E-state index is 13.3. The van der Waals surface area contributed by atoms with Crippen LogP contribution in [0.5, 0.6) is 0 Å². The lowest BCUT2D eigenvalue weighted by molar-refractivity contribution is -0.117. The van der Waals surface area contributed by atoms with Gasteiger partial charge >= 0.3 is 0 Å². The number of nitrogens with one attached hydrogen (secondary N) is 1. The molecule has 138 valence electrons. The highest BCUT2D eigenvalue weighted by Gasteiger charge is 2.30. The monoisotopic (exact) mass is 355 g/mol. The molecule has 0 spiro atoms. The number of nitrogens with zero attached hydrogens (tertiary/aromatic N) is 2. The molecule has 1 aromatic heterocycles. The molecular formula is C21H26FN3O. The number of hydrogen-bond donors (Lipinski definition) is 1. The summed E-state index contributed by atoms with van der Waals surface area (Å²) in [5, 5.41) is 7.70. The number of benzene rings is 1. The first kappa shape index (κ1) is 17.3. The molecule has 26 heavy (non-hydrogen) atoms. The molecule has 0 bridgehead atoms. The van der Waals surface area contributed by atoms with E-state index in [2.05, 4.69) is 10.4 Å². The Morgan fingerprint density at radius 2 is 1.85 bits per heavy atom. The molecule has 4 nitrogen and oxygen atoms in total. The van der Waals surface area contributed by atoms with Crippen LogP contribution in [0.2, 0.25) is 0 Å². The van der Waals surface area contributed by atoms with Crippen molar-refractivity contribution in [3.8, 4) is 11.3 Å². The molecule has 1 heterocycles. The van der Waals surface area contributed by atoms with Crippen molar-refractivity contribution in [1.82, 2.24) is 9.78 Å². The number of rotatable bonds is 5. The van der Waals surface area contributed by atoms with Crippen LogP contribution >= 0.6 is 0 Å². The number of aryl methyl sites for hydroxylation is 1. The van der Waals surface area contributed by atoms with E-state index in [9.17, 15) is 9.18 Å². The fourth-order valence-electron chi connectivity index (χ4n) is 4.33. The lowest BCUT2D eigenvalue weighted by Gasteiger charge is -2.27. The summed E-state index contributed by atoms with van der Waals surface area (Å²) in [6.07, 6.45) is 8.83. The quantitative estimate of drug-likeness (QED) is 0.819. The zero-order valence-corrected chi connectivity index (χ0v) is 15.3. The smallest absolute Gasteiger partial charge is 0.225 e. The molecular weight excluding hydrogens is 329 g/mol. The first-order chi connectivity index (χ1) is 12.6. The Morgan fingerprint density at radius 1 is 1.15 bits per heavy atom. The van der Waals surface area contributed by atoms with Gasteiger partial charge in [0.25, 0.3) is 0 Å². The molecule has 2 saturated carbocycles. The first-order valence-corrected chi connectivity index (χ1v) is 9.74. The maximum Gasteiger partial charge on any atom is 0.225 e. The minimum atomic E-state index is -0.244. The summed E-state index contributed by atoms with van der Waals surface area (Å²) in [4.78, 5) is 12.5. The van der Waals surface area contributed by atoms with Crippen LogP contribution in [0, 0.1) is 11.7 Å². The van der Waals surface area contributed by atoms with Crippen LogP contribution in [0.3, 0.4) is 0 Å². The van der Waals surface area contributed by atoms with Gasteiger partial charge in [-0.2, -0.15) is 5.10 Å². The third kappa shape index (κ3) is 3.39. The van der Waals surface area contributed by atoms with Crippen molar-refractivity contribution >= 4 is 11.7 Å². The van der Waals surface area contributed by atoms with Gasteiger partial charge in [0.15, 0.2) is 5.82 Å². The summed E-state index contributed by atoms with van der Waals surface area (Å²) >= 11 is 0. The number of carbonyl (C=O) groups is 1. The molecule has 1 aromatic carbocycles. The number of hydrogen-bond acceptors (Lipinski definition) is 2. The maximum absolute atomic E-state index is 13.3. The average Bonchev–Trinajstić information content (AvgIpc) is 3.16. The van der Waals surface area contributed by atoms with E-state index in [1.807, 2.05) is 11.7 Å². The summed E-state index contributed by atoms with van der Waals surface area (Å²) in [6, 6.07) is 6.54. The molecule has 0 radical (unpaired) electrons. The zero-order chi connectivity index (χ0) is 18.1. The van der Waals surface area contributed by atoms with Gasteiger partial charge in [0.1, 0.15) is 5.82 Å². The molecule has 2 aliphatic carbocycles. The van der Waals surface area contributed by atoms with E-state index in [1.165, 1.54) is 31.4 Å². The van der Waals surface area contributed by atoms with E-state index < -0.39 is 0 Å². The number of anilines is 1. The molecule has 2 aromatic rings. The van der Waals surface area contributed by atoms with Crippen LogP contribution in [-0.4, -0.2) is 15.7 Å². The van der Waals surface area contributed by atoms with Crippen LogP contribution in [0.15, 0.2) is 24.3 Å². The molecule has 1 amide bonds. The van der Waals surface area contributed by atoms with Crippen LogP contribution in [0.1, 0.15) is 62.8 Å². The van der Waals surface area contributed by atoms with Crippen molar-refractivity contribution in [2.24, 2.45) is 13.0 Å². The minimum Gasteiger partial charge on any atom is -0.309 e. The highest BCUT2D eigenvalue weighted by atomic mass is 19.1. The topological polar surface area (TPSA) is 46.9 Å². The Kier molecular flexibility index (Phi) is 4.79. The van der Waals surface area contributed by atoms with E-state index >= 15 is 0 Å². The summed E-state index contributed by atoms with van der Waals surface area (Å²) in [7, 11) is 1.90. The van der Waals surface area contributed by atoms with Crippen molar-refractivity contribution < 1.29 is 9.18 Å². The second-order valence-electron chi connectivity index (χ2n) is 7.77. The molecule has 1 N–H and O–H groups in total. The summed E-state index contributed by atoms with van der Waals surface area (Å²) in [5.74, 6) is 1.46. The van der Waals surface area contributed by atoms with Gasteiger partial charge in [-0.1, -0.05) is 19.3 Å². The van der Waals surface area contributed by atoms with Crippen molar-refractivity contribution in [2.75, 3.05) is 5.32 Å². The highest BCUT2D eigenvalue weighted by Crippen LogP contribution is 2.44. The Morgan fingerprint density at radius 3 is 2.46 bits per heavy atom. The van der Waals surface area contributed by atoms with Crippen LogP contribution < -0.4 is 5.32 Å². The Balaban J connectivity index is 1.62. The molecule has 5 heteroatoms. The Labute approximate surface area is 153 Å². The highest BCUT2D eigenvalue weighted by molar-refractivity contribution is 5.92. The van der Waals surface area contributed by atoms with Crippen LogP contribution in [0.4, 0.5) is 10.2 Å². The van der Waals surface area contributed by atoms with Crippen LogP contribution in [0.25, 0.3) is 11.3 Å². The average molecular weight is 355 g/mol. The van der Waals surface area contributed by atoms with Crippen molar-refractivity contribution in [3.63, 3.8) is 0 Å². The van der Waals surface area contributed by atoms with E-state index in [0.29, 0.717) is 24.1 Å². The predicted octanol–water partition coefficient (Wildman–Crippen LogP) is 5.01. The van der Waals surface area contributed by atoms with Gasteiger partial charge in [0, 0.05) is 24.6 Å². The molecule has 0 atom stereocenters. The third-order valence-electron chi connectivity index (χ3n) is 5.92. The minimum absolute atomic E-state index is 0.0706.